The predicted octanol–water partition coefficient (Wildman–Crippen LogP) is 0.350. The van der Waals surface area contributed by atoms with Gasteiger partial charge in [-0.15, -0.1) is 0 Å². The van der Waals surface area contributed by atoms with Gasteiger partial charge in [-0.05, 0) is 6.42 Å². The highest BCUT2D eigenvalue weighted by Gasteiger charge is 2.23. The summed E-state index contributed by atoms with van der Waals surface area (Å²) in [5.41, 5.74) is 4.28. The van der Waals surface area contributed by atoms with Crippen LogP contribution in [-0.4, -0.2) is 60.3 Å². The van der Waals surface area contributed by atoms with Crippen LogP contribution in [0.3, 0.4) is 0 Å². The molecule has 0 saturated heterocycles. The number of primary amides is 1. The number of hydrogen-bond donors (Lipinski definition) is 1. The first-order valence-corrected chi connectivity index (χ1v) is 7.31. The van der Waals surface area contributed by atoms with E-state index in [2.05, 4.69) is 5.10 Å². The topological polar surface area (TPSA) is 132 Å². The van der Waals surface area contributed by atoms with E-state index in [1.165, 1.54) is 4.68 Å². The van der Waals surface area contributed by atoms with Crippen LogP contribution in [0, 0.1) is 10.1 Å². The molecule has 0 radical (unpaired) electrons. The number of nitro groups is 1. The van der Waals surface area contributed by atoms with E-state index in [1.54, 1.807) is 0 Å². The lowest BCUT2D eigenvalue weighted by atomic mass is 10.4. The van der Waals surface area contributed by atoms with E-state index < -0.39 is 16.5 Å². The zero-order valence-corrected chi connectivity index (χ0v) is 13.1. The molecule has 130 valence electrons. The molecule has 10 heteroatoms. The van der Waals surface area contributed by atoms with E-state index in [9.17, 15) is 14.9 Å². The number of hydrogen-bond acceptors (Lipinski definition) is 7. The van der Waals surface area contributed by atoms with E-state index >= 15 is 0 Å². The second-order valence-electron chi connectivity index (χ2n) is 4.58. The predicted molar refractivity (Wildman–Crippen MR) is 80.1 cm³/mol. The van der Waals surface area contributed by atoms with Crippen molar-refractivity contribution in [1.29, 1.82) is 0 Å². The van der Waals surface area contributed by atoms with E-state index in [0.717, 1.165) is 19.2 Å². The van der Waals surface area contributed by atoms with Gasteiger partial charge < -0.3 is 19.9 Å². The van der Waals surface area contributed by atoms with Crippen molar-refractivity contribution in [2.45, 2.75) is 19.9 Å². The molecule has 0 saturated carbocycles. The molecule has 1 rings (SSSR count). The molecule has 0 aliphatic carbocycles. The third-order valence-electron chi connectivity index (χ3n) is 2.73. The summed E-state index contributed by atoms with van der Waals surface area (Å²) in [7, 11) is 0. The summed E-state index contributed by atoms with van der Waals surface area (Å²) in [4.78, 5) is 21.1. The molecule has 1 amide bonds. The average Bonchev–Trinajstić information content (AvgIpc) is 2.94. The van der Waals surface area contributed by atoms with Gasteiger partial charge in [0.2, 0.25) is 5.69 Å². The van der Waals surface area contributed by atoms with Crippen molar-refractivity contribution in [1.82, 2.24) is 9.78 Å². The van der Waals surface area contributed by atoms with Crippen molar-refractivity contribution in [3.05, 3.63) is 22.0 Å². The van der Waals surface area contributed by atoms with Gasteiger partial charge in [-0.1, -0.05) is 6.92 Å². The minimum atomic E-state index is -0.935. The zero-order chi connectivity index (χ0) is 17.1. The molecular formula is C13H22N4O6. The Morgan fingerprint density at radius 1 is 1.22 bits per heavy atom. The van der Waals surface area contributed by atoms with Gasteiger partial charge in [0.05, 0.1) is 44.5 Å². The third-order valence-corrected chi connectivity index (χ3v) is 2.73. The molecule has 1 aromatic heterocycles. The average molecular weight is 330 g/mol. The molecule has 1 heterocycles. The van der Waals surface area contributed by atoms with Crippen LogP contribution in [0.2, 0.25) is 0 Å². The third kappa shape index (κ3) is 7.17. The number of carbonyl (C=O) groups is 1. The normalized spacial score (nSPS) is 10.8. The summed E-state index contributed by atoms with van der Waals surface area (Å²) in [5.74, 6) is -0.935. The van der Waals surface area contributed by atoms with Crippen LogP contribution in [0.4, 0.5) is 5.69 Å². The summed E-state index contributed by atoms with van der Waals surface area (Å²) >= 11 is 0. The molecule has 0 unspecified atom stereocenters. The largest absolute Gasteiger partial charge is 0.379 e. The Labute approximate surface area is 133 Å². The van der Waals surface area contributed by atoms with Crippen LogP contribution < -0.4 is 5.73 Å². The highest BCUT2D eigenvalue weighted by molar-refractivity contribution is 5.94. The number of nitrogens with zero attached hydrogens (tertiary/aromatic N) is 3. The molecule has 0 atom stereocenters. The fraction of sp³-hybridized carbons (Fsp3) is 0.692. The first-order valence-electron chi connectivity index (χ1n) is 7.31. The fourth-order valence-electron chi connectivity index (χ4n) is 1.68. The van der Waals surface area contributed by atoms with E-state index in [-0.39, 0.29) is 18.8 Å². The minimum absolute atomic E-state index is 0.272. The molecule has 2 N–H and O–H groups in total. The lowest BCUT2D eigenvalue weighted by Crippen LogP contribution is -2.15. The summed E-state index contributed by atoms with van der Waals surface area (Å²) in [5, 5.41) is 14.5. The smallest absolute Gasteiger partial charge is 0.320 e. The van der Waals surface area contributed by atoms with E-state index in [1.807, 2.05) is 6.92 Å². The molecular weight excluding hydrogens is 308 g/mol. The Bertz CT molecular complexity index is 473. The lowest BCUT2D eigenvalue weighted by molar-refractivity contribution is -0.385. The van der Waals surface area contributed by atoms with Crippen LogP contribution in [0.5, 0.6) is 0 Å². The number of amides is 1. The number of nitrogens with two attached hydrogens (primary N) is 1. The van der Waals surface area contributed by atoms with Gasteiger partial charge in [0.15, 0.2) is 0 Å². The summed E-state index contributed by atoms with van der Waals surface area (Å²) in [6.07, 6.45) is 2.14. The molecule has 0 aromatic carbocycles. The summed E-state index contributed by atoms with van der Waals surface area (Å²) < 4.78 is 17.1. The lowest BCUT2D eigenvalue weighted by Gasteiger charge is -2.06. The molecule has 0 fully saturated rings. The SMILES string of the molecule is CCCOCCOCCOCCn1cc([N+](=O)[O-])c(C(N)=O)n1. The van der Waals surface area contributed by atoms with Crippen molar-refractivity contribution in [2.75, 3.05) is 39.6 Å². The highest BCUT2D eigenvalue weighted by Crippen LogP contribution is 2.15. The van der Waals surface area contributed by atoms with Crippen molar-refractivity contribution in [3.8, 4) is 0 Å². The van der Waals surface area contributed by atoms with Crippen molar-refractivity contribution in [3.63, 3.8) is 0 Å². The van der Waals surface area contributed by atoms with Gasteiger partial charge in [0.25, 0.3) is 5.91 Å². The quantitative estimate of drug-likeness (QED) is 0.313. The monoisotopic (exact) mass is 330 g/mol. The number of ether oxygens (including phenoxy) is 3. The van der Waals surface area contributed by atoms with Crippen molar-refractivity contribution in [2.24, 2.45) is 5.73 Å². The minimum Gasteiger partial charge on any atom is -0.379 e. The maximum atomic E-state index is 11.1. The van der Waals surface area contributed by atoms with Crippen molar-refractivity contribution < 1.29 is 23.9 Å². The summed E-state index contributed by atoms with van der Waals surface area (Å²) in [6.45, 7) is 5.21. The van der Waals surface area contributed by atoms with Crippen LogP contribution >= 0.6 is 0 Å². The van der Waals surface area contributed by atoms with E-state index in [4.69, 9.17) is 19.9 Å². The second kappa shape index (κ2) is 10.6. The molecule has 23 heavy (non-hydrogen) atoms. The van der Waals surface area contributed by atoms with Crippen LogP contribution in [0.1, 0.15) is 23.8 Å². The van der Waals surface area contributed by atoms with Crippen LogP contribution in [0.25, 0.3) is 0 Å². The molecule has 10 nitrogen and oxygen atoms in total. The molecule has 0 aliphatic heterocycles. The van der Waals surface area contributed by atoms with Gasteiger partial charge in [-0.2, -0.15) is 5.10 Å². The Morgan fingerprint density at radius 3 is 2.26 bits per heavy atom. The second-order valence-corrected chi connectivity index (χ2v) is 4.58. The molecule has 1 aromatic rings. The Hall–Kier alpha value is -2.04. The van der Waals surface area contributed by atoms with Gasteiger partial charge in [0.1, 0.15) is 6.20 Å². The fourth-order valence-corrected chi connectivity index (χ4v) is 1.68. The molecule has 0 bridgehead atoms. The molecule has 0 spiro atoms. The van der Waals surface area contributed by atoms with Crippen LogP contribution in [-0.2, 0) is 20.8 Å². The first-order chi connectivity index (χ1) is 11.1. The van der Waals surface area contributed by atoms with Gasteiger partial charge in [-0.3, -0.25) is 19.6 Å². The summed E-state index contributed by atoms with van der Waals surface area (Å²) in [6, 6.07) is 0. The van der Waals surface area contributed by atoms with Crippen LogP contribution in [0.15, 0.2) is 6.20 Å². The Morgan fingerprint density at radius 2 is 1.78 bits per heavy atom. The van der Waals surface area contributed by atoms with Crippen molar-refractivity contribution >= 4 is 11.6 Å². The van der Waals surface area contributed by atoms with Gasteiger partial charge in [0, 0.05) is 6.61 Å². The first kappa shape index (κ1) is 19.0. The Kier molecular flexibility index (Phi) is 8.80. The standard InChI is InChI=1S/C13H22N4O6/c1-2-4-21-6-8-23-9-7-22-5-3-16-10-11(17(19)20)12(15-16)13(14)18/h10H,2-9H2,1H3,(H2,14,18). The number of rotatable bonds is 13. The maximum Gasteiger partial charge on any atom is 0.320 e. The van der Waals surface area contributed by atoms with Gasteiger partial charge >= 0.3 is 5.69 Å². The van der Waals surface area contributed by atoms with Gasteiger partial charge in [-0.25, -0.2) is 0 Å². The molecule has 0 aliphatic rings. The number of aromatic nitrogens is 2. The maximum absolute atomic E-state index is 11.1. The Balaban J connectivity index is 2.18. The van der Waals surface area contributed by atoms with E-state index in [0.29, 0.717) is 26.4 Å². The number of carbonyl (C=O) groups excluding carboxylic acids is 1. The highest BCUT2D eigenvalue weighted by atomic mass is 16.6. The zero-order valence-electron chi connectivity index (χ0n) is 13.1.